The molecular formula is C14H28O9. The van der Waals surface area contributed by atoms with Crippen LogP contribution in [0.3, 0.4) is 0 Å². The van der Waals surface area contributed by atoms with Crippen molar-refractivity contribution in [1.29, 1.82) is 0 Å². The second-order valence-electron chi connectivity index (χ2n) is 4.78. The zero-order chi connectivity index (χ0) is 18.1. The summed E-state index contributed by atoms with van der Waals surface area (Å²) in [7, 11) is 0. The summed E-state index contributed by atoms with van der Waals surface area (Å²) in [5.74, 6) is -5.07. The van der Waals surface area contributed by atoms with Crippen LogP contribution in [-0.4, -0.2) is 74.8 Å². The third-order valence-electron chi connectivity index (χ3n) is 2.63. The van der Waals surface area contributed by atoms with E-state index in [4.69, 9.17) is 30.6 Å². The van der Waals surface area contributed by atoms with Gasteiger partial charge >= 0.3 is 11.9 Å². The minimum Gasteiger partial charge on any atom is -0.481 e. The first kappa shape index (κ1) is 24.0. The van der Waals surface area contributed by atoms with Gasteiger partial charge in [-0.1, -0.05) is 12.8 Å². The second kappa shape index (κ2) is 15.6. The molecule has 0 saturated carbocycles. The fourth-order valence-corrected chi connectivity index (χ4v) is 1.42. The Morgan fingerprint density at radius 2 is 1.35 bits per heavy atom. The molecule has 0 bridgehead atoms. The van der Waals surface area contributed by atoms with Crippen LogP contribution < -0.4 is 0 Å². The van der Waals surface area contributed by atoms with Crippen LogP contribution >= 0.6 is 0 Å². The van der Waals surface area contributed by atoms with Crippen molar-refractivity contribution in [2.75, 3.05) is 26.4 Å². The van der Waals surface area contributed by atoms with Crippen LogP contribution in [-0.2, 0) is 14.3 Å². The van der Waals surface area contributed by atoms with E-state index in [2.05, 4.69) is 4.74 Å². The zero-order valence-electron chi connectivity index (χ0n) is 13.2. The van der Waals surface area contributed by atoms with E-state index in [1.807, 2.05) is 0 Å². The minimum absolute atomic E-state index is 0.0590. The molecule has 9 heteroatoms. The molecule has 0 atom stereocenters. The van der Waals surface area contributed by atoms with Gasteiger partial charge in [-0.15, -0.1) is 0 Å². The van der Waals surface area contributed by atoms with E-state index in [0.29, 0.717) is 0 Å². The summed E-state index contributed by atoms with van der Waals surface area (Å²) in [6.07, 6.45) is 3.07. The monoisotopic (exact) mass is 340 g/mol. The lowest BCUT2D eigenvalue weighted by molar-refractivity contribution is -0.212. The molecule has 0 rings (SSSR count). The molecule has 0 aromatic heterocycles. The van der Waals surface area contributed by atoms with Crippen molar-refractivity contribution in [3.05, 3.63) is 0 Å². The van der Waals surface area contributed by atoms with E-state index in [1.54, 1.807) is 0 Å². The van der Waals surface area contributed by atoms with Crippen molar-refractivity contribution >= 4 is 11.9 Å². The number of rotatable bonds is 12. The summed E-state index contributed by atoms with van der Waals surface area (Å²) in [6.45, 7) is -0.186. The largest absolute Gasteiger partial charge is 0.481 e. The fraction of sp³-hybridized carbons (Fsp3) is 0.857. The van der Waals surface area contributed by atoms with E-state index in [1.165, 1.54) is 0 Å². The maximum atomic E-state index is 10.9. The number of unbranched alkanes of at least 4 members (excludes halogenated alkanes) is 3. The van der Waals surface area contributed by atoms with Crippen molar-refractivity contribution in [2.24, 2.45) is 0 Å². The molecule has 0 aliphatic rings. The number of esters is 1. The smallest absolute Gasteiger partial charge is 0.366 e. The highest BCUT2D eigenvalue weighted by Gasteiger charge is 2.34. The Bertz CT molecular complexity index is 299. The van der Waals surface area contributed by atoms with Gasteiger partial charge in [0.1, 0.15) is 6.61 Å². The standard InChI is InChI=1S/C8H14O7.C6H14O2/c9-4-5-15-7(12)8(13,14)3-1-2-6(10)11;7-5-3-1-2-4-6-8/h9,13-14H,1-5H2,(H,10,11);7-8H,1-6H2. The highest BCUT2D eigenvalue weighted by atomic mass is 16.6. The Hall–Kier alpha value is -1.26. The normalized spacial score (nSPS) is 10.7. The molecule has 23 heavy (non-hydrogen) atoms. The Morgan fingerprint density at radius 1 is 0.826 bits per heavy atom. The molecular weight excluding hydrogens is 312 g/mol. The molecule has 138 valence electrons. The zero-order valence-corrected chi connectivity index (χ0v) is 13.2. The number of carboxylic acids is 1. The molecule has 0 spiro atoms. The highest BCUT2D eigenvalue weighted by Crippen LogP contribution is 2.12. The molecule has 0 aromatic rings. The van der Waals surface area contributed by atoms with Gasteiger partial charge in [0.25, 0.3) is 5.79 Å². The maximum Gasteiger partial charge on any atom is 0.366 e. The van der Waals surface area contributed by atoms with E-state index < -0.39 is 30.8 Å². The van der Waals surface area contributed by atoms with Gasteiger partial charge in [0.15, 0.2) is 0 Å². The third-order valence-corrected chi connectivity index (χ3v) is 2.63. The van der Waals surface area contributed by atoms with Crippen LogP contribution in [0.15, 0.2) is 0 Å². The first-order valence-corrected chi connectivity index (χ1v) is 7.48. The minimum atomic E-state index is -2.69. The predicted octanol–water partition coefficient (Wildman–Crippen LogP) is -1.01. The quantitative estimate of drug-likeness (QED) is 0.148. The van der Waals surface area contributed by atoms with Crippen molar-refractivity contribution in [2.45, 2.75) is 50.7 Å². The van der Waals surface area contributed by atoms with Gasteiger partial charge in [-0.2, -0.15) is 0 Å². The van der Waals surface area contributed by atoms with Crippen molar-refractivity contribution in [1.82, 2.24) is 0 Å². The molecule has 0 saturated heterocycles. The number of carboxylic acid groups (broad SMARTS) is 1. The number of carbonyl (C=O) groups excluding carboxylic acids is 1. The van der Waals surface area contributed by atoms with Gasteiger partial charge in [0.05, 0.1) is 6.61 Å². The lowest BCUT2D eigenvalue weighted by atomic mass is 10.1. The lowest BCUT2D eigenvalue weighted by Gasteiger charge is -2.18. The predicted molar refractivity (Wildman–Crippen MR) is 79.3 cm³/mol. The van der Waals surface area contributed by atoms with E-state index >= 15 is 0 Å². The molecule has 6 N–H and O–H groups in total. The van der Waals surface area contributed by atoms with Crippen molar-refractivity contribution < 1.29 is 45.0 Å². The lowest BCUT2D eigenvalue weighted by Crippen LogP contribution is -2.40. The number of ether oxygens (including phenoxy) is 1. The maximum absolute atomic E-state index is 10.9. The summed E-state index contributed by atoms with van der Waals surface area (Å²) in [5.41, 5.74) is 0. The topological polar surface area (TPSA) is 165 Å². The SMILES string of the molecule is O=C(O)CCCC(O)(O)C(=O)OCCO.OCCCCCCO. The molecule has 0 fully saturated rings. The van der Waals surface area contributed by atoms with E-state index in [0.717, 1.165) is 25.7 Å². The van der Waals surface area contributed by atoms with Gasteiger partial charge in [-0.25, -0.2) is 4.79 Å². The number of hydrogen-bond acceptors (Lipinski definition) is 8. The molecule has 0 radical (unpaired) electrons. The summed E-state index contributed by atoms with van der Waals surface area (Å²) < 4.78 is 4.28. The first-order valence-electron chi connectivity index (χ1n) is 7.48. The van der Waals surface area contributed by atoms with Gasteiger partial charge < -0.3 is 35.4 Å². The van der Waals surface area contributed by atoms with Gasteiger partial charge in [0, 0.05) is 26.1 Å². The highest BCUT2D eigenvalue weighted by molar-refractivity contribution is 5.77. The molecule has 0 heterocycles. The molecule has 0 unspecified atom stereocenters. The van der Waals surface area contributed by atoms with E-state index in [9.17, 15) is 9.59 Å². The van der Waals surface area contributed by atoms with Crippen LogP contribution in [0.5, 0.6) is 0 Å². The molecule has 9 nitrogen and oxygen atoms in total. The molecule has 0 aliphatic heterocycles. The molecule has 0 amide bonds. The van der Waals surface area contributed by atoms with Crippen LogP contribution in [0.2, 0.25) is 0 Å². The number of hydrogen-bond donors (Lipinski definition) is 6. The van der Waals surface area contributed by atoms with Crippen LogP contribution in [0.1, 0.15) is 44.9 Å². The Labute approximate surface area is 135 Å². The average Bonchev–Trinajstić information content (AvgIpc) is 2.49. The number of carbonyl (C=O) groups is 2. The molecule has 0 aliphatic carbocycles. The van der Waals surface area contributed by atoms with Crippen molar-refractivity contribution in [3.63, 3.8) is 0 Å². The second-order valence-corrected chi connectivity index (χ2v) is 4.78. The number of aliphatic hydroxyl groups excluding tert-OH is 3. The third kappa shape index (κ3) is 16.9. The summed E-state index contributed by atoms with van der Waals surface area (Å²) >= 11 is 0. The first-order chi connectivity index (χ1) is 10.8. The van der Waals surface area contributed by atoms with Crippen LogP contribution in [0, 0.1) is 0 Å². The number of aliphatic carboxylic acids is 1. The Morgan fingerprint density at radius 3 is 1.74 bits per heavy atom. The number of aliphatic hydroxyl groups is 5. The van der Waals surface area contributed by atoms with Crippen LogP contribution in [0.4, 0.5) is 0 Å². The summed E-state index contributed by atoms with van der Waals surface area (Å²) in [5, 5.41) is 51.5. The summed E-state index contributed by atoms with van der Waals surface area (Å²) in [4.78, 5) is 21.0. The fourth-order valence-electron chi connectivity index (χ4n) is 1.42. The molecule has 0 aromatic carbocycles. The van der Waals surface area contributed by atoms with Crippen LogP contribution in [0.25, 0.3) is 0 Å². The van der Waals surface area contributed by atoms with Gasteiger partial charge in [0.2, 0.25) is 0 Å². The van der Waals surface area contributed by atoms with Gasteiger partial charge in [-0.05, 0) is 19.3 Å². The van der Waals surface area contributed by atoms with Gasteiger partial charge in [-0.3, -0.25) is 4.79 Å². The Kier molecular flexibility index (Phi) is 16.3. The summed E-state index contributed by atoms with van der Waals surface area (Å²) in [6, 6.07) is 0. The van der Waals surface area contributed by atoms with E-state index in [-0.39, 0.29) is 32.7 Å². The average molecular weight is 340 g/mol. The Balaban J connectivity index is 0. The van der Waals surface area contributed by atoms with Crippen molar-refractivity contribution in [3.8, 4) is 0 Å².